The molecule has 68 valence electrons. The first-order valence-corrected chi connectivity index (χ1v) is 4.84. The largest absolute Gasteiger partial charge is 0.386 e. The van der Waals surface area contributed by atoms with Gasteiger partial charge in [0.05, 0.1) is 11.6 Å². The van der Waals surface area contributed by atoms with Crippen LogP contribution < -0.4 is 5.73 Å². The van der Waals surface area contributed by atoms with E-state index in [4.69, 9.17) is 17.3 Å². The molecular weight excluding hydrogens is 184 g/mol. The Morgan fingerprint density at radius 2 is 2.15 bits per heavy atom. The summed E-state index contributed by atoms with van der Waals surface area (Å²) >= 11 is 5.53. The molecule has 0 saturated heterocycles. The van der Waals surface area contributed by atoms with Gasteiger partial charge < -0.3 is 5.73 Å². The number of amidine groups is 1. The maximum atomic E-state index is 5.53. The molecule has 0 spiro atoms. The monoisotopic (exact) mass is 194 g/mol. The maximum absolute atomic E-state index is 5.53. The Bertz CT molecular complexity index is 358. The third-order valence-corrected chi connectivity index (χ3v) is 2.54. The van der Waals surface area contributed by atoms with Gasteiger partial charge in [0, 0.05) is 0 Å². The van der Waals surface area contributed by atoms with Crippen molar-refractivity contribution >= 4 is 23.1 Å². The van der Waals surface area contributed by atoms with E-state index in [1.165, 1.54) is 24.0 Å². The summed E-state index contributed by atoms with van der Waals surface area (Å²) in [4.78, 5) is 4.18. The molecule has 0 fully saturated rings. The fraction of sp³-hybridized carbons (Fsp3) is 0.300. The fourth-order valence-electron chi connectivity index (χ4n) is 1.45. The summed E-state index contributed by atoms with van der Waals surface area (Å²) < 4.78 is 0. The molecule has 1 aliphatic carbocycles. The number of hydrogen-bond acceptors (Lipinski definition) is 1. The van der Waals surface area contributed by atoms with Gasteiger partial charge in [0.15, 0.2) is 0 Å². The predicted octanol–water partition coefficient (Wildman–Crippen LogP) is 2.01. The van der Waals surface area contributed by atoms with Crippen molar-refractivity contribution in [2.45, 2.75) is 12.8 Å². The average molecular weight is 195 g/mol. The summed E-state index contributed by atoms with van der Waals surface area (Å²) in [6.45, 7) is 0. The molecule has 1 aromatic rings. The number of fused-ring (bicyclic) bond motifs is 1. The lowest BCUT2D eigenvalue weighted by atomic mass is 9.88. The molecule has 0 saturated carbocycles. The topological polar surface area (TPSA) is 38.4 Å². The number of alkyl halides is 1. The molecular formula is C10H11ClN2. The van der Waals surface area contributed by atoms with E-state index in [9.17, 15) is 0 Å². The van der Waals surface area contributed by atoms with Gasteiger partial charge in [-0.15, -0.1) is 11.6 Å². The van der Waals surface area contributed by atoms with Gasteiger partial charge in [-0.05, 0) is 36.1 Å². The third-order valence-electron chi connectivity index (χ3n) is 2.26. The Balaban J connectivity index is 2.27. The summed E-state index contributed by atoms with van der Waals surface area (Å²) in [5, 5.41) is 0. The van der Waals surface area contributed by atoms with E-state index in [1.54, 1.807) is 0 Å². The van der Waals surface area contributed by atoms with Gasteiger partial charge in [-0.2, -0.15) is 0 Å². The van der Waals surface area contributed by atoms with Crippen LogP contribution in [0, 0.1) is 0 Å². The minimum atomic E-state index is 0.289. The lowest BCUT2D eigenvalue weighted by Crippen LogP contribution is -2.12. The van der Waals surface area contributed by atoms with Crippen LogP contribution >= 0.6 is 11.6 Å². The lowest BCUT2D eigenvalue weighted by molar-refractivity contribution is 0.840. The summed E-state index contributed by atoms with van der Waals surface area (Å²) in [7, 11) is 0. The molecule has 0 heterocycles. The number of aliphatic imine (C=N–C) groups is 1. The van der Waals surface area contributed by atoms with Crippen LogP contribution in [0.1, 0.15) is 11.1 Å². The van der Waals surface area contributed by atoms with Gasteiger partial charge in [0.1, 0.15) is 5.84 Å². The molecule has 1 aliphatic rings. The van der Waals surface area contributed by atoms with Crippen molar-refractivity contribution < 1.29 is 0 Å². The Hall–Kier alpha value is -1.02. The first-order chi connectivity index (χ1) is 6.29. The zero-order valence-corrected chi connectivity index (χ0v) is 8.01. The SMILES string of the molecule is NC(CCl)=Nc1ccc2c(c1)CC2. The Morgan fingerprint density at radius 1 is 1.38 bits per heavy atom. The van der Waals surface area contributed by atoms with Crippen molar-refractivity contribution in [3.63, 3.8) is 0 Å². The highest BCUT2D eigenvalue weighted by Gasteiger charge is 2.12. The molecule has 2 nitrogen and oxygen atoms in total. The van der Waals surface area contributed by atoms with Crippen LogP contribution in [0.25, 0.3) is 0 Å². The maximum Gasteiger partial charge on any atom is 0.115 e. The summed E-state index contributed by atoms with van der Waals surface area (Å²) in [5.74, 6) is 0.762. The van der Waals surface area contributed by atoms with Crippen LogP contribution in [-0.2, 0) is 12.8 Å². The Labute approximate surface area is 82.4 Å². The van der Waals surface area contributed by atoms with Crippen molar-refractivity contribution in [3.05, 3.63) is 29.3 Å². The summed E-state index contributed by atoms with van der Waals surface area (Å²) in [5.41, 5.74) is 9.27. The summed E-state index contributed by atoms with van der Waals surface area (Å²) in [6.07, 6.45) is 2.36. The van der Waals surface area contributed by atoms with Crippen LogP contribution in [0.15, 0.2) is 23.2 Å². The predicted molar refractivity (Wildman–Crippen MR) is 55.9 cm³/mol. The second kappa shape index (κ2) is 3.38. The Kier molecular flexibility index (Phi) is 2.23. The van der Waals surface area contributed by atoms with E-state index in [2.05, 4.69) is 17.1 Å². The van der Waals surface area contributed by atoms with Crippen LogP contribution in [0.3, 0.4) is 0 Å². The second-order valence-electron chi connectivity index (χ2n) is 3.19. The van der Waals surface area contributed by atoms with Crippen molar-refractivity contribution in [2.75, 3.05) is 5.88 Å². The number of rotatable bonds is 2. The normalized spacial score (nSPS) is 15.0. The van der Waals surface area contributed by atoms with E-state index in [-0.39, 0.29) is 5.88 Å². The third kappa shape index (κ3) is 1.68. The van der Waals surface area contributed by atoms with Crippen molar-refractivity contribution in [1.29, 1.82) is 0 Å². The molecule has 0 bridgehead atoms. The zero-order chi connectivity index (χ0) is 9.26. The number of aryl methyl sites for hydroxylation is 2. The molecule has 0 radical (unpaired) electrons. The molecule has 0 atom stereocenters. The number of hydrogen-bond donors (Lipinski definition) is 1. The fourth-order valence-corrected chi connectivity index (χ4v) is 1.51. The van der Waals surface area contributed by atoms with Gasteiger partial charge in [-0.3, -0.25) is 0 Å². The first kappa shape index (κ1) is 8.57. The highest BCUT2D eigenvalue weighted by molar-refractivity contribution is 6.28. The van der Waals surface area contributed by atoms with Crippen molar-refractivity contribution in [1.82, 2.24) is 0 Å². The van der Waals surface area contributed by atoms with E-state index in [1.807, 2.05) is 6.07 Å². The van der Waals surface area contributed by atoms with Crippen LogP contribution in [0.4, 0.5) is 5.69 Å². The molecule has 0 unspecified atom stereocenters. The molecule has 1 aromatic carbocycles. The number of halogens is 1. The highest BCUT2D eigenvalue weighted by Crippen LogP contribution is 2.27. The van der Waals surface area contributed by atoms with E-state index < -0.39 is 0 Å². The standard InChI is InChI=1S/C10H11ClN2/c11-6-10(12)13-9-4-3-7-1-2-8(7)5-9/h3-5H,1-2,6H2,(H2,12,13). The molecule has 3 heteroatoms. The van der Waals surface area contributed by atoms with Crippen LogP contribution in [-0.4, -0.2) is 11.7 Å². The van der Waals surface area contributed by atoms with Gasteiger partial charge in [-0.1, -0.05) is 6.07 Å². The number of nitrogens with zero attached hydrogens (tertiary/aromatic N) is 1. The highest BCUT2D eigenvalue weighted by atomic mass is 35.5. The molecule has 0 aromatic heterocycles. The zero-order valence-electron chi connectivity index (χ0n) is 7.26. The van der Waals surface area contributed by atoms with Crippen molar-refractivity contribution in [2.24, 2.45) is 10.7 Å². The molecule has 2 N–H and O–H groups in total. The average Bonchev–Trinajstić information content (AvgIpc) is 2.10. The van der Waals surface area contributed by atoms with E-state index in [0.29, 0.717) is 5.84 Å². The quantitative estimate of drug-likeness (QED) is 0.437. The van der Waals surface area contributed by atoms with Crippen LogP contribution in [0.2, 0.25) is 0 Å². The van der Waals surface area contributed by atoms with Crippen LogP contribution in [0.5, 0.6) is 0 Å². The second-order valence-corrected chi connectivity index (χ2v) is 3.46. The van der Waals surface area contributed by atoms with Gasteiger partial charge in [0.25, 0.3) is 0 Å². The minimum Gasteiger partial charge on any atom is -0.386 e. The minimum absolute atomic E-state index is 0.289. The van der Waals surface area contributed by atoms with Gasteiger partial charge in [0.2, 0.25) is 0 Å². The molecule has 0 aliphatic heterocycles. The van der Waals surface area contributed by atoms with Gasteiger partial charge in [-0.25, -0.2) is 4.99 Å². The summed E-state index contributed by atoms with van der Waals surface area (Å²) in [6, 6.07) is 6.18. The molecule has 0 amide bonds. The van der Waals surface area contributed by atoms with E-state index >= 15 is 0 Å². The van der Waals surface area contributed by atoms with Gasteiger partial charge >= 0.3 is 0 Å². The molecule has 13 heavy (non-hydrogen) atoms. The number of benzene rings is 1. The Morgan fingerprint density at radius 3 is 2.69 bits per heavy atom. The smallest absolute Gasteiger partial charge is 0.115 e. The molecule has 2 rings (SSSR count). The first-order valence-electron chi connectivity index (χ1n) is 4.30. The number of nitrogens with two attached hydrogens (primary N) is 1. The lowest BCUT2D eigenvalue weighted by Gasteiger charge is -2.18. The van der Waals surface area contributed by atoms with E-state index in [0.717, 1.165) is 5.69 Å². The van der Waals surface area contributed by atoms with Crippen molar-refractivity contribution in [3.8, 4) is 0 Å².